The summed E-state index contributed by atoms with van der Waals surface area (Å²) in [6.07, 6.45) is 0. The maximum Gasteiger partial charge on any atom is 0.261 e. The Hall–Kier alpha value is -2.15. The van der Waals surface area contributed by atoms with E-state index in [0.717, 1.165) is 16.3 Å². The van der Waals surface area contributed by atoms with Crippen LogP contribution in [0.3, 0.4) is 0 Å². The first kappa shape index (κ1) is 16.7. The van der Waals surface area contributed by atoms with Gasteiger partial charge in [-0.15, -0.1) is 0 Å². The lowest BCUT2D eigenvalue weighted by atomic mass is 10.0. The summed E-state index contributed by atoms with van der Waals surface area (Å²) in [6.45, 7) is 8.43. The average Bonchev–Trinajstić information content (AvgIpc) is 2.61. The second-order valence-electron chi connectivity index (χ2n) is 5.82. The molecule has 0 aliphatic heterocycles. The highest BCUT2D eigenvalue weighted by atomic mass is 31.2. The summed E-state index contributed by atoms with van der Waals surface area (Å²) in [5.41, 5.74) is 2.07. The fraction of sp³-hybridized carbons (Fsp3) is 0.143. The van der Waals surface area contributed by atoms with Gasteiger partial charge in [0.05, 0.1) is 6.61 Å². The molecule has 0 aliphatic rings. The second-order valence-corrected chi connectivity index (χ2v) is 8.23. The van der Waals surface area contributed by atoms with Crippen molar-refractivity contribution < 1.29 is 9.09 Å². The minimum absolute atomic E-state index is 0.373. The van der Waals surface area contributed by atoms with Crippen LogP contribution in [0.5, 0.6) is 0 Å². The van der Waals surface area contributed by atoms with E-state index in [1.54, 1.807) is 0 Å². The van der Waals surface area contributed by atoms with Gasteiger partial charge in [-0.3, -0.25) is 4.57 Å². The molecule has 3 aromatic rings. The molecule has 0 saturated heterocycles. The third-order valence-electron chi connectivity index (χ3n) is 4.09. The Morgan fingerprint density at radius 2 is 1.67 bits per heavy atom. The number of hydrogen-bond donors (Lipinski definition) is 0. The van der Waals surface area contributed by atoms with E-state index in [-0.39, 0.29) is 0 Å². The molecule has 122 valence electrons. The summed E-state index contributed by atoms with van der Waals surface area (Å²) in [5.74, 6) is 0. The highest BCUT2D eigenvalue weighted by molar-refractivity contribution is 7.76. The Balaban J connectivity index is 2.08. The van der Waals surface area contributed by atoms with E-state index in [4.69, 9.17) is 4.52 Å². The molecule has 0 radical (unpaired) electrons. The first-order chi connectivity index (χ1) is 11.5. The number of hydrogen-bond acceptors (Lipinski definition) is 2. The molecule has 0 bridgehead atoms. The van der Waals surface area contributed by atoms with Crippen molar-refractivity contribution in [3.05, 3.63) is 84.4 Å². The van der Waals surface area contributed by atoms with Gasteiger partial charge in [0, 0.05) is 10.6 Å². The predicted octanol–water partition coefficient (Wildman–Crippen LogP) is 5.76. The summed E-state index contributed by atoms with van der Waals surface area (Å²) >= 11 is 0. The van der Waals surface area contributed by atoms with Crippen molar-refractivity contribution in [1.82, 2.24) is 0 Å². The van der Waals surface area contributed by atoms with E-state index in [9.17, 15) is 4.57 Å². The first-order valence-electron chi connectivity index (χ1n) is 8.05. The molecule has 0 saturated carbocycles. The molecule has 2 nitrogen and oxygen atoms in total. The van der Waals surface area contributed by atoms with Crippen LogP contribution in [0.1, 0.15) is 18.1 Å². The van der Waals surface area contributed by atoms with Crippen molar-refractivity contribution in [3.63, 3.8) is 0 Å². The minimum atomic E-state index is -3.17. The van der Waals surface area contributed by atoms with Crippen molar-refractivity contribution in [1.29, 1.82) is 0 Å². The Morgan fingerprint density at radius 1 is 1.00 bits per heavy atom. The van der Waals surface area contributed by atoms with Gasteiger partial charge in [0.25, 0.3) is 7.37 Å². The molecule has 0 N–H and O–H groups in total. The van der Waals surface area contributed by atoms with Crippen LogP contribution in [0.4, 0.5) is 0 Å². The lowest BCUT2D eigenvalue weighted by molar-refractivity contribution is 0.348. The van der Waals surface area contributed by atoms with Gasteiger partial charge in [-0.1, -0.05) is 60.7 Å². The average molecular weight is 336 g/mol. The monoisotopic (exact) mass is 336 g/mol. The lowest BCUT2D eigenvalue weighted by Gasteiger charge is -2.21. The molecule has 0 heterocycles. The van der Waals surface area contributed by atoms with Crippen molar-refractivity contribution >= 4 is 28.8 Å². The molecular weight excluding hydrogens is 315 g/mol. The lowest BCUT2D eigenvalue weighted by Crippen LogP contribution is -2.08. The molecule has 3 rings (SSSR count). The first-order valence-corrected chi connectivity index (χ1v) is 9.67. The van der Waals surface area contributed by atoms with Crippen LogP contribution in [-0.4, -0.2) is 6.61 Å². The number of aryl methyl sites for hydroxylation is 1. The maximum atomic E-state index is 13.6. The van der Waals surface area contributed by atoms with Crippen LogP contribution < -0.4 is 5.30 Å². The van der Waals surface area contributed by atoms with Crippen molar-refractivity contribution in [2.24, 2.45) is 0 Å². The number of fused-ring (bicyclic) bond motifs is 1. The zero-order valence-electron chi connectivity index (χ0n) is 14.0. The summed E-state index contributed by atoms with van der Waals surface area (Å²) < 4.78 is 19.3. The quantitative estimate of drug-likeness (QED) is 0.554. The van der Waals surface area contributed by atoms with E-state index in [2.05, 4.69) is 31.7 Å². The largest absolute Gasteiger partial charge is 0.322 e. The van der Waals surface area contributed by atoms with Gasteiger partial charge >= 0.3 is 0 Å². The van der Waals surface area contributed by atoms with Crippen LogP contribution >= 0.6 is 7.37 Å². The predicted molar refractivity (Wildman–Crippen MR) is 103 cm³/mol. The highest BCUT2D eigenvalue weighted by Crippen LogP contribution is 2.57. The fourth-order valence-corrected chi connectivity index (χ4v) is 4.85. The van der Waals surface area contributed by atoms with Gasteiger partial charge in [-0.25, -0.2) is 0 Å². The third kappa shape index (κ3) is 3.08. The molecule has 0 spiro atoms. The van der Waals surface area contributed by atoms with E-state index in [1.807, 2.05) is 55.5 Å². The van der Waals surface area contributed by atoms with Gasteiger partial charge in [0.15, 0.2) is 0 Å². The zero-order valence-corrected chi connectivity index (χ0v) is 14.9. The Kier molecular flexibility index (Phi) is 4.71. The van der Waals surface area contributed by atoms with Gasteiger partial charge in [-0.2, -0.15) is 0 Å². The molecular formula is C21H21O2P. The number of rotatable bonds is 5. The van der Waals surface area contributed by atoms with Gasteiger partial charge in [0.1, 0.15) is 0 Å². The van der Waals surface area contributed by atoms with Gasteiger partial charge in [0.2, 0.25) is 0 Å². The maximum absolute atomic E-state index is 13.6. The SMILES string of the molecule is C=C(c1ccc2cc(C)ccc2c1)P(=O)(OCC)c1ccccc1. The van der Waals surface area contributed by atoms with Crippen LogP contribution in [0, 0.1) is 6.92 Å². The highest BCUT2D eigenvalue weighted by Gasteiger charge is 2.30. The van der Waals surface area contributed by atoms with E-state index in [0.29, 0.717) is 17.2 Å². The van der Waals surface area contributed by atoms with Crippen LogP contribution in [0.15, 0.2) is 73.3 Å². The molecule has 0 amide bonds. The smallest absolute Gasteiger partial charge is 0.261 e. The van der Waals surface area contributed by atoms with E-state index < -0.39 is 7.37 Å². The van der Waals surface area contributed by atoms with E-state index in [1.165, 1.54) is 5.56 Å². The second kappa shape index (κ2) is 6.76. The summed E-state index contributed by atoms with van der Waals surface area (Å²) in [7, 11) is -3.17. The Labute approximate surface area is 143 Å². The normalized spacial score (nSPS) is 13.6. The van der Waals surface area contributed by atoms with Crippen molar-refractivity contribution in [3.8, 4) is 0 Å². The Morgan fingerprint density at radius 3 is 2.38 bits per heavy atom. The molecule has 1 unspecified atom stereocenters. The standard InChI is InChI=1S/C21H21O2P/c1-4-23-24(22,21-8-6-5-7-9-21)17(3)18-12-13-19-14-16(2)10-11-20(19)15-18/h5-15H,3-4H2,1-2H3. The molecule has 0 aromatic heterocycles. The van der Waals surface area contributed by atoms with Gasteiger partial charge in [-0.05, 0) is 48.4 Å². The molecule has 0 fully saturated rings. The molecule has 3 heteroatoms. The van der Waals surface area contributed by atoms with Crippen LogP contribution in [-0.2, 0) is 9.09 Å². The zero-order chi connectivity index (χ0) is 17.2. The van der Waals surface area contributed by atoms with E-state index >= 15 is 0 Å². The Bertz CT molecular complexity index is 929. The topological polar surface area (TPSA) is 26.3 Å². The molecule has 3 aromatic carbocycles. The molecule has 0 aliphatic carbocycles. The molecule has 24 heavy (non-hydrogen) atoms. The van der Waals surface area contributed by atoms with Crippen LogP contribution in [0.25, 0.3) is 16.1 Å². The number of benzene rings is 3. The minimum Gasteiger partial charge on any atom is -0.322 e. The molecule has 1 atom stereocenters. The van der Waals surface area contributed by atoms with Crippen molar-refractivity contribution in [2.45, 2.75) is 13.8 Å². The van der Waals surface area contributed by atoms with Crippen molar-refractivity contribution in [2.75, 3.05) is 6.61 Å². The fourth-order valence-electron chi connectivity index (χ4n) is 2.83. The third-order valence-corrected chi connectivity index (χ3v) is 6.66. The summed E-state index contributed by atoms with van der Waals surface area (Å²) in [4.78, 5) is 0. The van der Waals surface area contributed by atoms with Gasteiger partial charge < -0.3 is 4.52 Å². The summed E-state index contributed by atoms with van der Waals surface area (Å²) in [5, 5.41) is 3.49. The summed E-state index contributed by atoms with van der Waals surface area (Å²) in [6, 6.07) is 21.7. The van der Waals surface area contributed by atoms with Crippen LogP contribution in [0.2, 0.25) is 0 Å².